The van der Waals surface area contributed by atoms with Crippen LogP contribution >= 0.6 is 10.6 Å². The van der Waals surface area contributed by atoms with Crippen molar-refractivity contribution in [2.75, 3.05) is 45.1 Å². The number of piperazine rings is 1. The molecular weight excluding hydrogens is 496 g/mol. The molecule has 1 atom stereocenters. The van der Waals surface area contributed by atoms with Crippen LogP contribution in [-0.2, 0) is 16.4 Å². The van der Waals surface area contributed by atoms with Gasteiger partial charge in [0, 0.05) is 44.8 Å². The van der Waals surface area contributed by atoms with Crippen LogP contribution in [0.4, 0.5) is 0 Å². The van der Waals surface area contributed by atoms with Crippen LogP contribution in [0.1, 0.15) is 16.4 Å². The number of ether oxygens (including phenoxy) is 1. The molecule has 2 aliphatic rings. The van der Waals surface area contributed by atoms with Crippen LogP contribution in [0.3, 0.4) is 0 Å². The van der Waals surface area contributed by atoms with E-state index in [2.05, 4.69) is 34.1 Å². The Kier molecular flexibility index (Phi) is 7.39. The molecule has 3 aromatic carbocycles. The third kappa shape index (κ3) is 5.32. The van der Waals surface area contributed by atoms with Gasteiger partial charge in [-0.2, -0.15) is 10.6 Å². The predicted molar refractivity (Wildman–Crippen MR) is 142 cm³/mol. The maximum Gasteiger partial charge on any atom is 0.187 e. The molecule has 5 rings (SSSR count). The Balaban J connectivity index is 1.24. The Morgan fingerprint density at radius 1 is 0.833 bits per heavy atom. The second-order valence-corrected chi connectivity index (χ2v) is 13.5. The summed E-state index contributed by atoms with van der Waals surface area (Å²) in [6, 6.07) is 23.7. The van der Waals surface area contributed by atoms with Crippen LogP contribution in [0.5, 0.6) is 5.75 Å². The molecule has 0 radical (unpaired) electrons. The third-order valence-corrected chi connectivity index (χ3v) is 11.1. The number of rotatable bonds is 8. The fourth-order valence-corrected chi connectivity index (χ4v) is 9.39. The van der Waals surface area contributed by atoms with Crippen LogP contribution in [-0.4, -0.2) is 72.4 Å². The number of hydrogen-bond donors (Lipinski definition) is 2. The van der Waals surface area contributed by atoms with Crippen molar-refractivity contribution in [2.45, 2.75) is 21.6 Å². The number of sulfone groups is 1. The Labute approximate surface area is 214 Å². The summed E-state index contributed by atoms with van der Waals surface area (Å²) in [7, 11) is -7.04. The van der Waals surface area contributed by atoms with Crippen LogP contribution in [0.25, 0.3) is 0 Å². The molecule has 1 saturated heterocycles. The first kappa shape index (κ1) is 25.3. The van der Waals surface area contributed by atoms with Gasteiger partial charge < -0.3 is 4.74 Å². The van der Waals surface area contributed by atoms with E-state index in [9.17, 15) is 17.5 Å². The lowest BCUT2D eigenvalue weighted by atomic mass is 10.1. The summed E-state index contributed by atoms with van der Waals surface area (Å²) in [6.07, 6.45) is 0. The molecular formula is C27H32N2O5S2. The lowest BCUT2D eigenvalue weighted by molar-refractivity contribution is 0.112. The molecule has 1 fully saturated rings. The molecule has 0 spiro atoms. The van der Waals surface area contributed by atoms with Gasteiger partial charge in [-0.05, 0) is 29.8 Å². The maximum atomic E-state index is 13.4. The molecule has 1 unspecified atom stereocenters. The first-order chi connectivity index (χ1) is 17.3. The summed E-state index contributed by atoms with van der Waals surface area (Å²) in [4.78, 5) is 5.23. The number of benzene rings is 3. The van der Waals surface area contributed by atoms with Gasteiger partial charge in [0.1, 0.15) is 17.6 Å². The molecule has 0 bridgehead atoms. The fraction of sp³-hybridized carbons (Fsp3) is 0.333. The zero-order valence-corrected chi connectivity index (χ0v) is 21.7. The van der Waals surface area contributed by atoms with E-state index in [-0.39, 0.29) is 15.5 Å². The quantitative estimate of drug-likeness (QED) is 0.444. The monoisotopic (exact) mass is 528 g/mol. The molecule has 0 amide bonds. The van der Waals surface area contributed by atoms with E-state index in [1.54, 1.807) is 48.5 Å². The molecule has 0 aromatic heterocycles. The van der Waals surface area contributed by atoms with Crippen LogP contribution in [0.15, 0.2) is 88.7 Å². The number of fused-ring (bicyclic) bond motifs is 1. The van der Waals surface area contributed by atoms with Gasteiger partial charge in [0.05, 0.1) is 15.5 Å². The van der Waals surface area contributed by atoms with Crippen molar-refractivity contribution < 1.29 is 22.3 Å². The van der Waals surface area contributed by atoms with Gasteiger partial charge in [-0.15, -0.1) is 0 Å². The highest BCUT2D eigenvalue weighted by Gasteiger charge is 2.45. The first-order valence-corrected chi connectivity index (χ1v) is 15.4. The standard InChI is InChI=1S/C27H32N2O5S2/c30-35(31)21-26(36(32,33)23-10-5-2-6-11-23)27-24(12-7-13-25(27)35)34-19-18-28-14-16-29(17-15-28)20-22-8-3-1-4-9-22/h1-13,26,30-31H,14-21H2. The molecule has 36 heavy (non-hydrogen) atoms. The lowest BCUT2D eigenvalue weighted by Gasteiger charge is -2.34. The van der Waals surface area contributed by atoms with Gasteiger partial charge in [-0.1, -0.05) is 54.6 Å². The maximum absolute atomic E-state index is 13.4. The molecule has 0 saturated carbocycles. The highest BCUT2D eigenvalue weighted by Crippen LogP contribution is 2.63. The van der Waals surface area contributed by atoms with Crippen molar-refractivity contribution in [2.24, 2.45) is 0 Å². The zero-order valence-electron chi connectivity index (χ0n) is 20.1. The second kappa shape index (κ2) is 10.5. The predicted octanol–water partition coefficient (Wildman–Crippen LogP) is 4.52. The fourth-order valence-electron chi connectivity index (χ4n) is 4.95. The summed E-state index contributed by atoms with van der Waals surface area (Å²) in [5.41, 5.74) is 1.70. The van der Waals surface area contributed by atoms with E-state index in [4.69, 9.17) is 4.74 Å². The highest BCUT2D eigenvalue weighted by atomic mass is 32.3. The normalized spacial score (nSPS) is 21.1. The average molecular weight is 529 g/mol. The number of nitrogens with zero attached hydrogens (tertiary/aromatic N) is 2. The van der Waals surface area contributed by atoms with Crippen molar-refractivity contribution in [1.82, 2.24) is 9.80 Å². The van der Waals surface area contributed by atoms with E-state index in [0.29, 0.717) is 17.9 Å². The van der Waals surface area contributed by atoms with Crippen LogP contribution < -0.4 is 4.74 Å². The van der Waals surface area contributed by atoms with Gasteiger partial charge in [-0.25, -0.2) is 8.42 Å². The number of hydrogen-bond acceptors (Lipinski definition) is 7. The van der Waals surface area contributed by atoms with E-state index in [0.717, 1.165) is 39.3 Å². The molecule has 2 heterocycles. The first-order valence-electron chi connectivity index (χ1n) is 12.1. The van der Waals surface area contributed by atoms with Crippen LogP contribution in [0, 0.1) is 0 Å². The average Bonchev–Trinajstić information content (AvgIpc) is 3.18. The van der Waals surface area contributed by atoms with Gasteiger partial charge in [0.15, 0.2) is 9.84 Å². The summed E-state index contributed by atoms with van der Waals surface area (Å²) in [6.45, 7) is 5.90. The van der Waals surface area contributed by atoms with Crippen molar-refractivity contribution in [3.05, 3.63) is 90.0 Å². The van der Waals surface area contributed by atoms with Crippen molar-refractivity contribution in [3.8, 4) is 5.75 Å². The molecule has 192 valence electrons. The molecule has 3 aromatic rings. The Bertz CT molecular complexity index is 1280. The molecule has 2 N–H and O–H groups in total. The summed E-state index contributed by atoms with van der Waals surface area (Å²) < 4.78 is 54.4. The molecule has 9 heteroatoms. The summed E-state index contributed by atoms with van der Waals surface area (Å²) >= 11 is 0. The minimum atomic E-state index is -3.82. The third-order valence-electron chi connectivity index (χ3n) is 6.91. The Morgan fingerprint density at radius 3 is 2.17 bits per heavy atom. The van der Waals surface area contributed by atoms with Crippen molar-refractivity contribution in [3.63, 3.8) is 0 Å². The summed E-state index contributed by atoms with van der Waals surface area (Å²) in [5, 5.41) is -1.06. The summed E-state index contributed by atoms with van der Waals surface area (Å²) in [5.74, 6) is 0.167. The van der Waals surface area contributed by atoms with Gasteiger partial charge in [0.25, 0.3) is 0 Å². The minimum Gasteiger partial charge on any atom is -0.492 e. The zero-order chi connectivity index (χ0) is 25.2. The lowest BCUT2D eigenvalue weighted by Crippen LogP contribution is -2.47. The van der Waals surface area contributed by atoms with Gasteiger partial charge in [-0.3, -0.25) is 18.9 Å². The van der Waals surface area contributed by atoms with Crippen molar-refractivity contribution in [1.29, 1.82) is 0 Å². The van der Waals surface area contributed by atoms with Gasteiger partial charge in [0.2, 0.25) is 0 Å². The van der Waals surface area contributed by atoms with E-state index >= 15 is 0 Å². The van der Waals surface area contributed by atoms with Crippen LogP contribution in [0.2, 0.25) is 0 Å². The highest BCUT2D eigenvalue weighted by molar-refractivity contribution is 8.25. The second-order valence-electron chi connectivity index (χ2n) is 9.30. The minimum absolute atomic E-state index is 0.168. The molecule has 2 aliphatic heterocycles. The van der Waals surface area contributed by atoms with E-state index in [1.807, 2.05) is 6.07 Å². The Hall–Kier alpha value is -2.40. The van der Waals surface area contributed by atoms with Gasteiger partial charge >= 0.3 is 0 Å². The largest absolute Gasteiger partial charge is 0.492 e. The van der Waals surface area contributed by atoms with Crippen molar-refractivity contribution >= 4 is 20.4 Å². The molecule has 0 aliphatic carbocycles. The topological polar surface area (TPSA) is 90.3 Å². The van der Waals surface area contributed by atoms with E-state index in [1.165, 1.54) is 5.56 Å². The SMILES string of the molecule is O=S(=O)(c1ccccc1)C1CS(O)(O)c2cccc(OCCN3CCN(Cc4ccccc4)CC3)c21. The molecule has 7 nitrogen and oxygen atoms in total. The Morgan fingerprint density at radius 2 is 1.47 bits per heavy atom. The smallest absolute Gasteiger partial charge is 0.187 e. The van der Waals surface area contributed by atoms with E-state index < -0.39 is 25.7 Å².